The minimum absolute atomic E-state index is 0.185. The van der Waals surface area contributed by atoms with Crippen molar-refractivity contribution in [1.82, 2.24) is 0 Å². The zero-order valence-corrected chi connectivity index (χ0v) is 17.7. The molecule has 2 heteroatoms. The maximum absolute atomic E-state index is 6.02. The maximum atomic E-state index is 6.02. The summed E-state index contributed by atoms with van der Waals surface area (Å²) >= 11 is 0. The number of benzene rings is 1. The first-order valence-corrected chi connectivity index (χ1v) is 11.1. The summed E-state index contributed by atoms with van der Waals surface area (Å²) < 4.78 is 6.02. The zero-order chi connectivity index (χ0) is 18.8. The van der Waals surface area contributed by atoms with Crippen LogP contribution in [0.15, 0.2) is 18.2 Å². The van der Waals surface area contributed by atoms with E-state index in [4.69, 9.17) is 4.74 Å². The largest absolute Gasteiger partial charge is 0.494 e. The van der Waals surface area contributed by atoms with E-state index in [1.54, 1.807) is 0 Å². The molecule has 1 aliphatic heterocycles. The predicted molar refractivity (Wildman–Crippen MR) is 115 cm³/mol. The second-order valence-electron chi connectivity index (χ2n) is 8.89. The van der Waals surface area contributed by atoms with E-state index >= 15 is 0 Å². The lowest BCUT2D eigenvalue weighted by Crippen LogP contribution is -2.36. The number of rotatable bonds is 12. The Kier molecular flexibility index (Phi) is 8.81. The van der Waals surface area contributed by atoms with Crippen molar-refractivity contribution in [2.24, 2.45) is 0 Å². The van der Waals surface area contributed by atoms with Crippen molar-refractivity contribution >= 4 is 5.69 Å². The molecule has 1 atom stereocenters. The molecule has 0 bridgehead atoms. The van der Waals surface area contributed by atoms with Gasteiger partial charge in [-0.15, -0.1) is 0 Å². The van der Waals surface area contributed by atoms with Crippen LogP contribution in [0.4, 0.5) is 5.69 Å². The van der Waals surface area contributed by atoms with Gasteiger partial charge in [-0.1, -0.05) is 71.6 Å². The molecule has 0 spiro atoms. The van der Waals surface area contributed by atoms with Crippen LogP contribution < -0.4 is 10.1 Å². The van der Waals surface area contributed by atoms with Gasteiger partial charge in [0, 0.05) is 11.2 Å². The molecule has 1 N–H and O–H groups in total. The van der Waals surface area contributed by atoms with E-state index in [9.17, 15) is 0 Å². The lowest BCUT2D eigenvalue weighted by Gasteiger charge is -2.37. The van der Waals surface area contributed by atoms with Crippen LogP contribution >= 0.6 is 0 Å². The van der Waals surface area contributed by atoms with Crippen LogP contribution in [0.1, 0.15) is 110 Å². The summed E-state index contributed by atoms with van der Waals surface area (Å²) in [6, 6.07) is 6.56. The van der Waals surface area contributed by atoms with Crippen molar-refractivity contribution < 1.29 is 4.74 Å². The van der Waals surface area contributed by atoms with E-state index in [0.29, 0.717) is 5.92 Å². The lowest BCUT2D eigenvalue weighted by atomic mass is 9.82. The Bertz CT molecular complexity index is 523. The van der Waals surface area contributed by atoms with Crippen molar-refractivity contribution in [2.45, 2.75) is 110 Å². The Morgan fingerprint density at radius 2 is 1.58 bits per heavy atom. The lowest BCUT2D eigenvalue weighted by molar-refractivity contribution is 0.303. The third kappa shape index (κ3) is 7.21. The summed E-state index contributed by atoms with van der Waals surface area (Å²) in [5.74, 6) is 1.62. The second-order valence-corrected chi connectivity index (χ2v) is 8.89. The summed E-state index contributed by atoms with van der Waals surface area (Å²) in [5.41, 5.74) is 2.87. The summed E-state index contributed by atoms with van der Waals surface area (Å²) in [7, 11) is 0. The van der Waals surface area contributed by atoms with Crippen molar-refractivity contribution in [2.75, 3.05) is 11.9 Å². The second kappa shape index (κ2) is 10.8. The third-order valence-corrected chi connectivity index (χ3v) is 5.61. The van der Waals surface area contributed by atoms with Gasteiger partial charge in [0.25, 0.3) is 0 Å². The standard InChI is InChI=1S/C24H41NO/c1-5-6-7-8-9-10-11-12-13-14-17-26-21-15-16-23-22(18-21)20(2)19-24(3,4)25-23/h15-16,18,20,25H,5-14,17,19H2,1-4H3. The molecule has 0 fully saturated rings. The molecule has 2 nitrogen and oxygen atoms in total. The van der Waals surface area contributed by atoms with Gasteiger partial charge >= 0.3 is 0 Å². The molecule has 26 heavy (non-hydrogen) atoms. The normalized spacial score (nSPS) is 18.2. The van der Waals surface area contributed by atoms with Gasteiger partial charge in [-0.25, -0.2) is 0 Å². The fraction of sp³-hybridized carbons (Fsp3) is 0.750. The highest BCUT2D eigenvalue weighted by atomic mass is 16.5. The van der Waals surface area contributed by atoms with Crippen LogP contribution in [0, 0.1) is 0 Å². The Morgan fingerprint density at radius 1 is 0.962 bits per heavy atom. The molecule has 1 aliphatic rings. The predicted octanol–water partition coefficient (Wildman–Crippen LogP) is 7.68. The molecule has 1 aromatic rings. The monoisotopic (exact) mass is 359 g/mol. The van der Waals surface area contributed by atoms with Crippen molar-refractivity contribution in [3.63, 3.8) is 0 Å². The molecule has 0 aliphatic carbocycles. The van der Waals surface area contributed by atoms with Gasteiger partial charge in [-0.2, -0.15) is 0 Å². The number of nitrogens with one attached hydrogen (secondary N) is 1. The number of ether oxygens (including phenoxy) is 1. The molecule has 0 aromatic heterocycles. The third-order valence-electron chi connectivity index (χ3n) is 5.61. The highest BCUT2D eigenvalue weighted by Gasteiger charge is 2.29. The smallest absolute Gasteiger partial charge is 0.119 e. The fourth-order valence-corrected chi connectivity index (χ4v) is 4.22. The van der Waals surface area contributed by atoms with Gasteiger partial charge in [0.05, 0.1) is 6.61 Å². The topological polar surface area (TPSA) is 21.3 Å². The van der Waals surface area contributed by atoms with Gasteiger partial charge in [0.15, 0.2) is 0 Å². The number of hydrogen-bond acceptors (Lipinski definition) is 2. The fourth-order valence-electron chi connectivity index (χ4n) is 4.22. The van der Waals surface area contributed by atoms with Gasteiger partial charge in [-0.3, -0.25) is 0 Å². The Labute approximate surface area is 162 Å². The summed E-state index contributed by atoms with van der Waals surface area (Å²) in [5, 5.41) is 3.65. The SMILES string of the molecule is CCCCCCCCCCCCOc1ccc2c(c1)C(C)CC(C)(C)N2. The van der Waals surface area contributed by atoms with Crippen molar-refractivity contribution in [1.29, 1.82) is 0 Å². The van der Waals surface area contributed by atoms with Crippen LogP contribution in [-0.2, 0) is 0 Å². The highest BCUT2D eigenvalue weighted by Crippen LogP contribution is 2.40. The molecule has 0 amide bonds. The highest BCUT2D eigenvalue weighted by molar-refractivity contribution is 5.59. The van der Waals surface area contributed by atoms with Crippen molar-refractivity contribution in [3.05, 3.63) is 23.8 Å². The first kappa shape index (κ1) is 21.1. The van der Waals surface area contributed by atoms with Crippen LogP contribution in [0.2, 0.25) is 0 Å². The molecule has 2 rings (SSSR count). The van der Waals surface area contributed by atoms with E-state index in [-0.39, 0.29) is 5.54 Å². The minimum atomic E-state index is 0.185. The maximum Gasteiger partial charge on any atom is 0.119 e. The number of hydrogen-bond donors (Lipinski definition) is 1. The Morgan fingerprint density at radius 3 is 2.23 bits per heavy atom. The molecule has 1 heterocycles. The van der Waals surface area contributed by atoms with Gasteiger partial charge in [-0.05, 0) is 56.4 Å². The molecular formula is C24H41NO. The molecule has 0 saturated carbocycles. The quantitative estimate of drug-likeness (QED) is 0.386. The summed E-state index contributed by atoms with van der Waals surface area (Å²) in [6.45, 7) is 10.0. The van der Waals surface area contributed by atoms with E-state index in [1.807, 2.05) is 0 Å². The number of unbranched alkanes of at least 4 members (excludes halogenated alkanes) is 9. The molecule has 1 aromatic carbocycles. The molecule has 0 saturated heterocycles. The van der Waals surface area contributed by atoms with Gasteiger partial charge in [0.1, 0.15) is 5.75 Å². The van der Waals surface area contributed by atoms with E-state index in [1.165, 1.54) is 81.9 Å². The van der Waals surface area contributed by atoms with Crippen LogP contribution in [0.5, 0.6) is 5.75 Å². The number of anilines is 1. The average Bonchev–Trinajstić information content (AvgIpc) is 2.59. The van der Waals surface area contributed by atoms with Crippen molar-refractivity contribution in [3.8, 4) is 5.75 Å². The molecule has 0 radical (unpaired) electrons. The van der Waals surface area contributed by atoms with Crippen LogP contribution in [0.25, 0.3) is 0 Å². The average molecular weight is 360 g/mol. The van der Waals surface area contributed by atoms with E-state index in [0.717, 1.165) is 12.4 Å². The summed E-state index contributed by atoms with van der Waals surface area (Å²) in [4.78, 5) is 0. The number of fused-ring (bicyclic) bond motifs is 1. The van der Waals surface area contributed by atoms with Gasteiger partial charge < -0.3 is 10.1 Å². The van der Waals surface area contributed by atoms with Crippen LogP contribution in [0.3, 0.4) is 0 Å². The first-order valence-electron chi connectivity index (χ1n) is 11.1. The van der Waals surface area contributed by atoms with E-state index < -0.39 is 0 Å². The van der Waals surface area contributed by atoms with Crippen LogP contribution in [-0.4, -0.2) is 12.1 Å². The zero-order valence-electron chi connectivity index (χ0n) is 17.7. The minimum Gasteiger partial charge on any atom is -0.494 e. The van der Waals surface area contributed by atoms with Gasteiger partial charge in [0.2, 0.25) is 0 Å². The molecule has 148 valence electrons. The first-order chi connectivity index (χ1) is 12.5. The summed E-state index contributed by atoms with van der Waals surface area (Å²) in [6.07, 6.45) is 14.8. The molecular weight excluding hydrogens is 318 g/mol. The van der Waals surface area contributed by atoms with E-state index in [2.05, 4.69) is 51.2 Å². The molecule has 1 unspecified atom stereocenters. The Hall–Kier alpha value is -1.18. The Balaban J connectivity index is 1.59.